The van der Waals surface area contributed by atoms with Gasteiger partial charge in [-0.1, -0.05) is 0 Å². The molecule has 0 aromatic carbocycles. The summed E-state index contributed by atoms with van der Waals surface area (Å²) in [6, 6.07) is 2.49. The van der Waals surface area contributed by atoms with Gasteiger partial charge in [-0.15, -0.1) is 0 Å². The van der Waals surface area contributed by atoms with Crippen LogP contribution in [0.1, 0.15) is 16.8 Å². The summed E-state index contributed by atoms with van der Waals surface area (Å²) in [6.07, 6.45) is 1.12. The molecule has 1 aromatic heterocycles. The Balaban J connectivity index is 1.59. The predicted octanol–water partition coefficient (Wildman–Crippen LogP) is 0.868. The molecule has 2 aliphatic rings. The number of amides is 1. The highest BCUT2D eigenvalue weighted by Crippen LogP contribution is 2.19. The monoisotopic (exact) mass is 265 g/mol. The number of likely N-dealkylation sites (tertiary alicyclic amines) is 1. The van der Waals surface area contributed by atoms with E-state index in [0.29, 0.717) is 6.04 Å². The van der Waals surface area contributed by atoms with Crippen molar-refractivity contribution in [3.63, 3.8) is 0 Å². The molecule has 5 heteroatoms. The molecule has 2 fully saturated rings. The highest BCUT2D eigenvalue weighted by molar-refractivity contribution is 7.08. The fourth-order valence-electron chi connectivity index (χ4n) is 2.84. The zero-order valence-corrected chi connectivity index (χ0v) is 11.3. The molecule has 1 N–H and O–H groups in total. The van der Waals surface area contributed by atoms with Gasteiger partial charge in [-0.2, -0.15) is 11.3 Å². The summed E-state index contributed by atoms with van der Waals surface area (Å²) in [5.74, 6) is 0.203. The van der Waals surface area contributed by atoms with Crippen LogP contribution in [0.3, 0.4) is 0 Å². The molecule has 4 nitrogen and oxygen atoms in total. The van der Waals surface area contributed by atoms with Crippen molar-refractivity contribution in [2.45, 2.75) is 12.5 Å². The zero-order valence-electron chi connectivity index (χ0n) is 10.5. The summed E-state index contributed by atoms with van der Waals surface area (Å²) >= 11 is 1.59. The molecular formula is C13H19N3OS. The summed E-state index contributed by atoms with van der Waals surface area (Å²) in [5, 5.41) is 7.29. The number of nitrogens with zero attached hydrogens (tertiary/aromatic N) is 2. The second-order valence-electron chi connectivity index (χ2n) is 4.99. The van der Waals surface area contributed by atoms with Crippen LogP contribution in [0.5, 0.6) is 0 Å². The van der Waals surface area contributed by atoms with Crippen LogP contribution in [-0.4, -0.2) is 61.0 Å². The SMILES string of the molecule is O=C(c1ccsc1)N1CCC(N2CCNCC2)C1. The number of carbonyl (C=O) groups is 1. The summed E-state index contributed by atoms with van der Waals surface area (Å²) in [7, 11) is 0. The molecule has 3 heterocycles. The van der Waals surface area contributed by atoms with E-state index in [2.05, 4.69) is 10.2 Å². The number of carbonyl (C=O) groups excluding carboxylic acids is 1. The van der Waals surface area contributed by atoms with Crippen molar-refractivity contribution >= 4 is 17.2 Å². The summed E-state index contributed by atoms with van der Waals surface area (Å²) in [4.78, 5) is 16.8. The van der Waals surface area contributed by atoms with Crippen molar-refractivity contribution in [1.29, 1.82) is 0 Å². The van der Waals surface area contributed by atoms with Crippen molar-refractivity contribution in [3.05, 3.63) is 22.4 Å². The van der Waals surface area contributed by atoms with Crippen LogP contribution in [-0.2, 0) is 0 Å². The topological polar surface area (TPSA) is 35.6 Å². The molecule has 0 radical (unpaired) electrons. The smallest absolute Gasteiger partial charge is 0.254 e. The van der Waals surface area contributed by atoms with Gasteiger partial charge in [0.15, 0.2) is 0 Å². The number of hydrogen-bond donors (Lipinski definition) is 1. The van der Waals surface area contributed by atoms with E-state index < -0.39 is 0 Å². The lowest BCUT2D eigenvalue weighted by molar-refractivity contribution is 0.0774. The van der Waals surface area contributed by atoms with Crippen LogP contribution < -0.4 is 5.32 Å². The third-order valence-corrected chi connectivity index (χ3v) is 4.57. The lowest BCUT2D eigenvalue weighted by Crippen LogP contribution is -2.49. The van der Waals surface area contributed by atoms with Gasteiger partial charge in [-0.3, -0.25) is 9.69 Å². The fraction of sp³-hybridized carbons (Fsp3) is 0.615. The molecule has 0 bridgehead atoms. The van der Waals surface area contributed by atoms with E-state index in [1.165, 1.54) is 0 Å². The molecular weight excluding hydrogens is 246 g/mol. The van der Waals surface area contributed by atoms with Crippen LogP contribution in [0.15, 0.2) is 16.8 Å². The number of piperazine rings is 1. The van der Waals surface area contributed by atoms with Crippen molar-refractivity contribution in [1.82, 2.24) is 15.1 Å². The van der Waals surface area contributed by atoms with Crippen molar-refractivity contribution in [3.8, 4) is 0 Å². The zero-order chi connectivity index (χ0) is 12.4. The van der Waals surface area contributed by atoms with E-state index in [0.717, 1.165) is 51.3 Å². The van der Waals surface area contributed by atoms with Crippen molar-refractivity contribution < 1.29 is 4.79 Å². The van der Waals surface area contributed by atoms with Gasteiger partial charge in [0.05, 0.1) is 5.56 Å². The van der Waals surface area contributed by atoms with Crippen molar-refractivity contribution in [2.24, 2.45) is 0 Å². The van der Waals surface area contributed by atoms with Gasteiger partial charge in [-0.25, -0.2) is 0 Å². The maximum atomic E-state index is 12.2. The van der Waals surface area contributed by atoms with Gasteiger partial charge in [0.1, 0.15) is 0 Å². The van der Waals surface area contributed by atoms with Gasteiger partial charge in [0.2, 0.25) is 0 Å². The quantitative estimate of drug-likeness (QED) is 0.862. The van der Waals surface area contributed by atoms with Crippen LogP contribution in [0.2, 0.25) is 0 Å². The van der Waals surface area contributed by atoms with Gasteiger partial charge in [-0.05, 0) is 17.9 Å². The van der Waals surface area contributed by atoms with Gasteiger partial charge in [0, 0.05) is 50.7 Å². The van der Waals surface area contributed by atoms with E-state index in [1.807, 2.05) is 21.7 Å². The molecule has 0 saturated carbocycles. The third kappa shape index (κ3) is 2.43. The molecule has 2 aliphatic heterocycles. The Kier molecular flexibility index (Phi) is 3.63. The Morgan fingerprint density at radius 3 is 2.89 bits per heavy atom. The van der Waals surface area contributed by atoms with Gasteiger partial charge >= 0.3 is 0 Å². The fourth-order valence-corrected chi connectivity index (χ4v) is 3.47. The first-order valence-electron chi connectivity index (χ1n) is 6.61. The second-order valence-corrected chi connectivity index (χ2v) is 5.77. The third-order valence-electron chi connectivity index (χ3n) is 3.89. The van der Waals surface area contributed by atoms with E-state index in [9.17, 15) is 4.79 Å². The first-order valence-corrected chi connectivity index (χ1v) is 7.55. The largest absolute Gasteiger partial charge is 0.337 e. The van der Waals surface area contributed by atoms with Crippen molar-refractivity contribution in [2.75, 3.05) is 39.3 Å². The average molecular weight is 265 g/mol. The van der Waals surface area contributed by atoms with E-state index in [1.54, 1.807) is 11.3 Å². The molecule has 3 rings (SSSR count). The van der Waals surface area contributed by atoms with E-state index in [4.69, 9.17) is 0 Å². The standard InChI is InChI=1S/C13H19N3OS/c17-13(11-2-8-18-10-11)16-5-1-12(9-16)15-6-3-14-4-7-15/h2,8,10,12,14H,1,3-7,9H2. The number of nitrogens with one attached hydrogen (secondary N) is 1. The molecule has 0 aliphatic carbocycles. The minimum absolute atomic E-state index is 0.203. The lowest BCUT2D eigenvalue weighted by Gasteiger charge is -2.32. The molecule has 1 atom stereocenters. The number of rotatable bonds is 2. The minimum atomic E-state index is 0.203. The minimum Gasteiger partial charge on any atom is -0.337 e. The summed E-state index contributed by atoms with van der Waals surface area (Å²) in [5.41, 5.74) is 0.848. The number of thiophene rings is 1. The first-order chi connectivity index (χ1) is 8.84. The first kappa shape index (κ1) is 12.1. The predicted molar refractivity (Wildman–Crippen MR) is 73.1 cm³/mol. The summed E-state index contributed by atoms with van der Waals surface area (Å²) < 4.78 is 0. The summed E-state index contributed by atoms with van der Waals surface area (Å²) in [6.45, 7) is 6.19. The molecule has 18 heavy (non-hydrogen) atoms. The van der Waals surface area contributed by atoms with Crippen LogP contribution >= 0.6 is 11.3 Å². The van der Waals surface area contributed by atoms with Crippen LogP contribution in [0, 0.1) is 0 Å². The molecule has 98 valence electrons. The second kappa shape index (κ2) is 5.38. The Morgan fingerprint density at radius 2 is 2.17 bits per heavy atom. The lowest BCUT2D eigenvalue weighted by atomic mass is 10.2. The highest BCUT2D eigenvalue weighted by Gasteiger charge is 2.31. The Morgan fingerprint density at radius 1 is 1.33 bits per heavy atom. The Bertz CT molecular complexity index is 400. The Hall–Kier alpha value is -0.910. The molecule has 1 aromatic rings. The van der Waals surface area contributed by atoms with Gasteiger partial charge in [0.25, 0.3) is 5.91 Å². The molecule has 2 saturated heterocycles. The van der Waals surface area contributed by atoms with Crippen LogP contribution in [0.4, 0.5) is 0 Å². The molecule has 1 amide bonds. The maximum Gasteiger partial charge on any atom is 0.254 e. The maximum absolute atomic E-state index is 12.2. The molecule has 1 unspecified atom stereocenters. The highest BCUT2D eigenvalue weighted by atomic mass is 32.1. The van der Waals surface area contributed by atoms with Crippen LogP contribution in [0.25, 0.3) is 0 Å². The Labute approximate surface area is 112 Å². The van der Waals surface area contributed by atoms with Gasteiger partial charge < -0.3 is 10.2 Å². The molecule has 0 spiro atoms. The van der Waals surface area contributed by atoms with E-state index in [-0.39, 0.29) is 5.91 Å². The van der Waals surface area contributed by atoms with E-state index >= 15 is 0 Å². The average Bonchev–Trinajstić information content (AvgIpc) is 3.10. The number of hydrogen-bond acceptors (Lipinski definition) is 4. The normalized spacial score (nSPS) is 25.6.